The van der Waals surface area contributed by atoms with Gasteiger partial charge in [0.05, 0.1) is 39.9 Å². The van der Waals surface area contributed by atoms with Crippen LogP contribution in [0.1, 0.15) is 200 Å². The summed E-state index contributed by atoms with van der Waals surface area (Å²) in [5.74, 6) is -0.234. The van der Waals surface area contributed by atoms with E-state index in [1.807, 2.05) is 27.2 Å². The fourth-order valence-corrected chi connectivity index (χ4v) is 8.11. The molecule has 0 aliphatic heterocycles. The lowest BCUT2D eigenvalue weighted by Crippen LogP contribution is -2.45. The summed E-state index contributed by atoms with van der Waals surface area (Å²) in [6.45, 7) is 4.45. The third-order valence-electron chi connectivity index (χ3n) is 11.9. The smallest absolute Gasteiger partial charge is 0.268 e. The minimum absolute atomic E-state index is 0.0210. The average Bonchev–Trinajstić information content (AvgIpc) is 3.37. The quantitative estimate of drug-likeness (QED) is 0.0272. The summed E-state index contributed by atoms with van der Waals surface area (Å²) in [5.41, 5.74) is 0. The molecule has 0 aliphatic rings. The van der Waals surface area contributed by atoms with Crippen molar-refractivity contribution in [2.45, 2.75) is 212 Å². The normalized spacial score (nSPS) is 15.0. The maximum Gasteiger partial charge on any atom is 0.268 e. The summed E-state index contributed by atoms with van der Waals surface area (Å²) in [6, 6.07) is -0.930. The van der Waals surface area contributed by atoms with E-state index < -0.39 is 26.6 Å². The molecule has 0 rings (SSSR count). The van der Waals surface area contributed by atoms with Crippen molar-refractivity contribution in [3.63, 3.8) is 0 Å². The number of phosphoric acid groups is 1. The van der Waals surface area contributed by atoms with E-state index in [0.717, 1.165) is 141 Å². The van der Waals surface area contributed by atoms with Crippen LogP contribution in [0.4, 0.5) is 0 Å². The number of unbranched alkanes of at least 4 members (excludes halogenated alkanes) is 14. The molecule has 0 aromatic carbocycles. The molecule has 75 heavy (non-hydrogen) atoms. The highest BCUT2D eigenvalue weighted by molar-refractivity contribution is 7.45. The summed E-state index contributed by atoms with van der Waals surface area (Å²) < 4.78 is 23.3. The molecule has 0 fully saturated rings. The zero-order chi connectivity index (χ0) is 54.9. The number of aliphatic hydroxyl groups is 1. The number of phosphoric ester groups is 1. The summed E-state index contributed by atoms with van der Waals surface area (Å²) in [5, 5.41) is 13.8. The Bertz CT molecular complexity index is 1770. The van der Waals surface area contributed by atoms with Gasteiger partial charge in [0.25, 0.3) is 7.82 Å². The number of carbonyl (C=O) groups is 1. The van der Waals surface area contributed by atoms with E-state index in [-0.39, 0.29) is 12.5 Å². The lowest BCUT2D eigenvalue weighted by molar-refractivity contribution is -0.870. The van der Waals surface area contributed by atoms with Crippen molar-refractivity contribution in [1.29, 1.82) is 0 Å². The number of nitrogens with zero attached hydrogens (tertiary/aromatic N) is 1. The van der Waals surface area contributed by atoms with Crippen LogP contribution in [0, 0.1) is 0 Å². The number of hydrogen-bond acceptors (Lipinski definition) is 6. The Morgan fingerprint density at radius 1 is 0.480 bits per heavy atom. The summed E-state index contributed by atoms with van der Waals surface area (Å²) in [4.78, 5) is 25.5. The van der Waals surface area contributed by atoms with Gasteiger partial charge in [-0.1, -0.05) is 230 Å². The van der Waals surface area contributed by atoms with Gasteiger partial charge < -0.3 is 28.8 Å². The van der Waals surface area contributed by atoms with Crippen molar-refractivity contribution in [1.82, 2.24) is 5.32 Å². The monoisotopic (exact) mass is 1060 g/mol. The fraction of sp³-hybridized carbons (Fsp3) is 0.591. The molecule has 0 aromatic rings. The fourth-order valence-electron chi connectivity index (χ4n) is 7.39. The molecule has 3 unspecified atom stereocenters. The number of aliphatic hydroxyl groups excluding tert-OH is 1. The molecule has 0 heterocycles. The summed E-state index contributed by atoms with van der Waals surface area (Å²) in [6.07, 6.45) is 86.1. The van der Waals surface area contributed by atoms with Gasteiger partial charge in [0, 0.05) is 6.42 Å². The van der Waals surface area contributed by atoms with Crippen LogP contribution in [0.15, 0.2) is 158 Å². The van der Waals surface area contributed by atoms with Gasteiger partial charge in [-0.05, 0) is 122 Å². The average molecular weight is 1060 g/mol. The summed E-state index contributed by atoms with van der Waals surface area (Å²) >= 11 is 0. The zero-order valence-electron chi connectivity index (χ0n) is 48.2. The van der Waals surface area contributed by atoms with Gasteiger partial charge in [-0.25, -0.2) is 0 Å². The molecular formula is C66H109N2O6P. The van der Waals surface area contributed by atoms with Crippen LogP contribution in [0.5, 0.6) is 0 Å². The highest BCUT2D eigenvalue weighted by Gasteiger charge is 2.23. The number of nitrogens with one attached hydrogen (secondary N) is 1. The second-order valence-electron chi connectivity index (χ2n) is 20.2. The highest BCUT2D eigenvalue weighted by Crippen LogP contribution is 2.38. The van der Waals surface area contributed by atoms with Gasteiger partial charge in [0.1, 0.15) is 13.2 Å². The first-order valence-corrected chi connectivity index (χ1v) is 30.8. The van der Waals surface area contributed by atoms with Gasteiger partial charge in [-0.15, -0.1) is 0 Å². The third kappa shape index (κ3) is 57.7. The molecule has 8 nitrogen and oxygen atoms in total. The van der Waals surface area contributed by atoms with Crippen molar-refractivity contribution in [3.8, 4) is 0 Å². The van der Waals surface area contributed by atoms with Crippen LogP contribution in [-0.2, 0) is 18.4 Å². The first kappa shape index (κ1) is 71.1. The van der Waals surface area contributed by atoms with Crippen LogP contribution < -0.4 is 10.2 Å². The number of hydrogen-bond donors (Lipinski definition) is 2. The van der Waals surface area contributed by atoms with Gasteiger partial charge >= 0.3 is 0 Å². The minimum Gasteiger partial charge on any atom is -0.756 e. The molecular weight excluding hydrogens is 948 g/mol. The molecule has 424 valence electrons. The van der Waals surface area contributed by atoms with Crippen LogP contribution in [0.3, 0.4) is 0 Å². The van der Waals surface area contributed by atoms with Gasteiger partial charge in [0.15, 0.2) is 0 Å². The first-order valence-electron chi connectivity index (χ1n) is 29.3. The molecule has 0 aromatic heterocycles. The van der Waals surface area contributed by atoms with E-state index in [1.165, 1.54) is 38.5 Å². The maximum atomic E-state index is 13.0. The van der Waals surface area contributed by atoms with Gasteiger partial charge in [-0.2, -0.15) is 0 Å². The van der Waals surface area contributed by atoms with E-state index in [0.29, 0.717) is 17.4 Å². The standard InChI is InChI=1S/C66H109N2O6P/c1-6-8-10-12-14-16-18-20-22-24-25-26-27-28-29-30-31-32-33-34-35-36-37-38-39-40-41-42-43-44-46-48-50-52-54-56-58-60-66(70)67-64(63-74-75(71,72)73-62-61-68(3,4)5)65(69)59-57-55-53-51-49-47-45-23-21-19-17-15-13-11-9-7-2/h8,10,14,16,20-23,25-26,28-29,31-32,34-35,37-38,40-41,43-44,49,51,57,59,64-65,69H,6-7,9,11-13,15,17-19,24,27,30,33,36,39,42,45-48,50,52-56,58,60-63H2,1-5H3,(H-,67,70,71,72)/b10-8-,16-14-,22-20-,23-21+,26-25-,29-28-,32-31-,35-34-,38-37-,41-40-,44-43-,51-49+,59-57+. The number of rotatable bonds is 51. The van der Waals surface area contributed by atoms with Crippen LogP contribution in [0.25, 0.3) is 0 Å². The topological polar surface area (TPSA) is 108 Å². The van der Waals surface area contributed by atoms with Crippen LogP contribution in [0.2, 0.25) is 0 Å². The second kappa shape index (κ2) is 54.9. The molecule has 9 heteroatoms. The maximum absolute atomic E-state index is 13.0. The number of allylic oxidation sites excluding steroid dienone is 25. The minimum atomic E-state index is -4.62. The van der Waals surface area contributed by atoms with E-state index in [2.05, 4.69) is 165 Å². The van der Waals surface area contributed by atoms with Crippen molar-refractivity contribution < 1.29 is 32.9 Å². The van der Waals surface area contributed by atoms with E-state index in [9.17, 15) is 19.4 Å². The largest absolute Gasteiger partial charge is 0.756 e. The molecule has 1 amide bonds. The van der Waals surface area contributed by atoms with E-state index in [4.69, 9.17) is 9.05 Å². The Hall–Kier alpha value is -3.88. The Labute approximate surface area is 461 Å². The third-order valence-corrected chi connectivity index (χ3v) is 12.9. The van der Waals surface area contributed by atoms with Gasteiger partial charge in [0.2, 0.25) is 5.91 Å². The molecule has 0 radical (unpaired) electrons. The van der Waals surface area contributed by atoms with Crippen LogP contribution >= 0.6 is 7.82 Å². The van der Waals surface area contributed by atoms with E-state index in [1.54, 1.807) is 6.08 Å². The molecule has 0 saturated heterocycles. The summed E-state index contributed by atoms with van der Waals surface area (Å²) in [7, 11) is 1.20. The molecule has 2 N–H and O–H groups in total. The Morgan fingerprint density at radius 2 is 0.827 bits per heavy atom. The number of amides is 1. The number of likely N-dealkylation sites (N-methyl/N-ethyl adjacent to an activating group) is 1. The number of carbonyl (C=O) groups excluding carboxylic acids is 1. The lowest BCUT2D eigenvalue weighted by Gasteiger charge is -2.29. The second-order valence-corrected chi connectivity index (χ2v) is 21.7. The van der Waals surface area contributed by atoms with Crippen molar-refractivity contribution in [2.24, 2.45) is 0 Å². The van der Waals surface area contributed by atoms with Crippen molar-refractivity contribution in [3.05, 3.63) is 158 Å². The Morgan fingerprint density at radius 3 is 1.24 bits per heavy atom. The molecule has 0 bridgehead atoms. The van der Waals surface area contributed by atoms with Crippen molar-refractivity contribution in [2.75, 3.05) is 40.9 Å². The van der Waals surface area contributed by atoms with Gasteiger partial charge in [-0.3, -0.25) is 9.36 Å². The Kier molecular flexibility index (Phi) is 52.1. The highest BCUT2D eigenvalue weighted by atomic mass is 31.2. The lowest BCUT2D eigenvalue weighted by atomic mass is 10.1. The predicted octanol–water partition coefficient (Wildman–Crippen LogP) is 17.6. The molecule has 0 spiro atoms. The van der Waals surface area contributed by atoms with Crippen molar-refractivity contribution >= 4 is 13.7 Å². The molecule has 0 aliphatic carbocycles. The zero-order valence-corrected chi connectivity index (χ0v) is 49.1. The van der Waals surface area contributed by atoms with E-state index >= 15 is 0 Å². The molecule has 3 atom stereocenters. The SMILES string of the molecule is CC/C=C\C/C=C\C/C=C\C/C=C\C/C=C\C/C=C\C/C=C\C/C=C\C/C=C\C/C=C\CCCCCCCCC(=O)NC(COP(=O)([O-])OCC[N+](C)(C)C)C(O)/C=C/CC/C=C/CC/C=C/CCCCCCCC. The Balaban J connectivity index is 4.27. The number of quaternary nitrogens is 1. The predicted molar refractivity (Wildman–Crippen MR) is 324 cm³/mol. The van der Waals surface area contributed by atoms with Crippen LogP contribution in [-0.4, -0.2) is 68.5 Å². The first-order chi connectivity index (χ1) is 36.5. The molecule has 0 saturated carbocycles.